The van der Waals surface area contributed by atoms with Crippen LogP contribution in [-0.4, -0.2) is 45.3 Å². The van der Waals surface area contributed by atoms with Gasteiger partial charge in [-0.05, 0) is 62.4 Å². The van der Waals surface area contributed by atoms with Crippen LogP contribution in [0.1, 0.15) is 50.9 Å². The summed E-state index contributed by atoms with van der Waals surface area (Å²) in [4.78, 5) is 26.5. The van der Waals surface area contributed by atoms with Crippen LogP contribution in [0.15, 0.2) is 29.2 Å². The molecular formula is C20H24N2O5S2. The second kappa shape index (κ2) is 8.64. The maximum absolute atomic E-state index is 12.7. The molecule has 1 N–H and O–H groups in total. The number of carbonyl (C=O) groups excluding carboxylic acids is 2. The van der Waals surface area contributed by atoms with Crippen LogP contribution in [0.3, 0.4) is 0 Å². The molecule has 2 aromatic rings. The lowest BCUT2D eigenvalue weighted by Gasteiger charge is -2.12. The van der Waals surface area contributed by atoms with E-state index in [0.29, 0.717) is 16.1 Å². The SMILES string of the molecule is CCOC(=O)c1c(NC(=O)c2ccc(S(=O)(=O)N(C)C)cc2)sc2c1CCCC2. The largest absolute Gasteiger partial charge is 0.462 e. The van der Waals surface area contributed by atoms with E-state index in [9.17, 15) is 18.0 Å². The van der Waals surface area contributed by atoms with Crippen molar-refractivity contribution in [1.82, 2.24) is 4.31 Å². The van der Waals surface area contributed by atoms with Crippen molar-refractivity contribution in [2.24, 2.45) is 0 Å². The number of ether oxygens (including phenoxy) is 1. The Labute approximate surface area is 174 Å². The van der Waals surface area contributed by atoms with Crippen LogP contribution < -0.4 is 5.32 Å². The standard InChI is InChI=1S/C20H24N2O5S2/c1-4-27-20(24)17-15-7-5-6-8-16(15)28-19(17)21-18(23)13-9-11-14(12-10-13)29(25,26)22(2)3/h9-12H,4-8H2,1-3H3,(H,21,23). The first-order chi connectivity index (χ1) is 13.8. The highest BCUT2D eigenvalue weighted by Gasteiger charge is 2.27. The van der Waals surface area contributed by atoms with Gasteiger partial charge >= 0.3 is 5.97 Å². The minimum Gasteiger partial charge on any atom is -0.462 e. The number of thiophene rings is 1. The number of sulfonamides is 1. The molecule has 0 unspecified atom stereocenters. The maximum atomic E-state index is 12.7. The third kappa shape index (κ3) is 4.36. The zero-order valence-electron chi connectivity index (χ0n) is 16.6. The lowest BCUT2D eigenvalue weighted by molar-refractivity contribution is 0.0526. The Balaban J connectivity index is 1.87. The molecule has 0 aliphatic heterocycles. The Kier molecular flexibility index (Phi) is 6.40. The minimum absolute atomic E-state index is 0.109. The van der Waals surface area contributed by atoms with Crippen LogP contribution in [-0.2, 0) is 27.6 Å². The molecule has 1 heterocycles. The Bertz CT molecular complexity index is 1020. The number of fused-ring (bicyclic) bond motifs is 1. The molecule has 1 aromatic carbocycles. The zero-order valence-corrected chi connectivity index (χ0v) is 18.3. The molecule has 1 aromatic heterocycles. The second-order valence-corrected chi connectivity index (χ2v) is 10.2. The van der Waals surface area contributed by atoms with Crippen LogP contribution in [0.2, 0.25) is 0 Å². The first kappa shape index (κ1) is 21.5. The van der Waals surface area contributed by atoms with E-state index in [4.69, 9.17) is 4.74 Å². The van der Waals surface area contributed by atoms with E-state index in [0.717, 1.165) is 40.4 Å². The fourth-order valence-electron chi connectivity index (χ4n) is 3.24. The average molecular weight is 437 g/mol. The summed E-state index contributed by atoms with van der Waals surface area (Å²) in [5.41, 5.74) is 1.73. The number of benzene rings is 1. The van der Waals surface area contributed by atoms with Crippen molar-refractivity contribution in [3.8, 4) is 0 Å². The number of hydrogen-bond donors (Lipinski definition) is 1. The molecule has 0 bridgehead atoms. The van der Waals surface area contributed by atoms with Gasteiger partial charge in [0.15, 0.2) is 0 Å². The molecule has 9 heteroatoms. The number of amides is 1. The van der Waals surface area contributed by atoms with Crippen LogP contribution in [0.25, 0.3) is 0 Å². The molecule has 0 spiro atoms. The highest BCUT2D eigenvalue weighted by molar-refractivity contribution is 7.89. The lowest BCUT2D eigenvalue weighted by atomic mass is 9.95. The van der Waals surface area contributed by atoms with Crippen molar-refractivity contribution < 1.29 is 22.7 Å². The molecule has 0 saturated heterocycles. The van der Waals surface area contributed by atoms with Crippen molar-refractivity contribution >= 4 is 38.2 Å². The number of nitrogens with one attached hydrogen (secondary N) is 1. The third-order valence-electron chi connectivity index (χ3n) is 4.77. The van der Waals surface area contributed by atoms with Crippen molar-refractivity contribution in [2.45, 2.75) is 37.5 Å². The van der Waals surface area contributed by atoms with E-state index in [1.54, 1.807) is 6.92 Å². The van der Waals surface area contributed by atoms with Crippen molar-refractivity contribution in [2.75, 3.05) is 26.0 Å². The van der Waals surface area contributed by atoms with Gasteiger partial charge in [0, 0.05) is 24.5 Å². The van der Waals surface area contributed by atoms with Gasteiger partial charge in [0.1, 0.15) is 5.00 Å². The summed E-state index contributed by atoms with van der Waals surface area (Å²) in [7, 11) is -0.662. The molecule has 1 aliphatic rings. The molecule has 0 atom stereocenters. The first-order valence-electron chi connectivity index (χ1n) is 9.41. The van der Waals surface area contributed by atoms with Gasteiger partial charge in [0.25, 0.3) is 5.91 Å². The first-order valence-corrected chi connectivity index (χ1v) is 11.7. The number of esters is 1. The number of anilines is 1. The molecule has 3 rings (SSSR count). The number of rotatable bonds is 6. The third-order valence-corrected chi connectivity index (χ3v) is 7.81. The summed E-state index contributed by atoms with van der Waals surface area (Å²) in [5.74, 6) is -0.822. The predicted octanol–water partition coefficient (Wildman–Crippen LogP) is 3.31. The van der Waals surface area contributed by atoms with Gasteiger partial charge in [-0.25, -0.2) is 17.5 Å². The quantitative estimate of drug-likeness (QED) is 0.702. The van der Waals surface area contributed by atoms with Gasteiger partial charge in [-0.1, -0.05) is 0 Å². The zero-order chi connectivity index (χ0) is 21.2. The Hall–Kier alpha value is -2.23. The normalized spacial score (nSPS) is 13.8. The highest BCUT2D eigenvalue weighted by atomic mass is 32.2. The van der Waals surface area contributed by atoms with Crippen LogP contribution in [0, 0.1) is 0 Å². The molecule has 7 nitrogen and oxygen atoms in total. The van der Waals surface area contributed by atoms with Crippen molar-refractivity contribution in [3.63, 3.8) is 0 Å². The lowest BCUT2D eigenvalue weighted by Crippen LogP contribution is -2.22. The molecule has 0 radical (unpaired) electrons. The summed E-state index contributed by atoms with van der Waals surface area (Å²) in [6, 6.07) is 5.72. The van der Waals surface area contributed by atoms with Gasteiger partial charge in [-0.15, -0.1) is 11.3 Å². The van der Waals surface area contributed by atoms with Crippen molar-refractivity contribution in [3.05, 3.63) is 45.8 Å². The van der Waals surface area contributed by atoms with E-state index in [2.05, 4.69) is 5.32 Å². The van der Waals surface area contributed by atoms with E-state index in [1.165, 1.54) is 49.7 Å². The number of carbonyl (C=O) groups is 2. The fourth-order valence-corrected chi connectivity index (χ4v) is 5.41. The van der Waals surface area contributed by atoms with Gasteiger partial charge in [0.05, 0.1) is 17.1 Å². The number of aryl methyl sites for hydroxylation is 1. The van der Waals surface area contributed by atoms with Gasteiger partial charge in [-0.2, -0.15) is 0 Å². The maximum Gasteiger partial charge on any atom is 0.341 e. The Morgan fingerprint density at radius 3 is 2.41 bits per heavy atom. The minimum atomic E-state index is -3.56. The topological polar surface area (TPSA) is 92.8 Å². The van der Waals surface area contributed by atoms with Gasteiger partial charge in [-0.3, -0.25) is 4.79 Å². The number of nitrogens with zero attached hydrogens (tertiary/aromatic N) is 1. The van der Waals surface area contributed by atoms with Crippen molar-refractivity contribution in [1.29, 1.82) is 0 Å². The molecule has 0 saturated carbocycles. The molecule has 29 heavy (non-hydrogen) atoms. The van der Waals surface area contributed by atoms with E-state index in [-0.39, 0.29) is 11.5 Å². The summed E-state index contributed by atoms with van der Waals surface area (Å²) in [5, 5.41) is 3.31. The predicted molar refractivity (Wildman–Crippen MR) is 112 cm³/mol. The second-order valence-electron chi connectivity index (χ2n) is 6.90. The van der Waals surface area contributed by atoms with E-state index in [1.807, 2.05) is 0 Å². The van der Waals surface area contributed by atoms with E-state index >= 15 is 0 Å². The van der Waals surface area contributed by atoms with Gasteiger partial charge in [0.2, 0.25) is 10.0 Å². The Morgan fingerprint density at radius 2 is 1.79 bits per heavy atom. The van der Waals surface area contributed by atoms with E-state index < -0.39 is 21.9 Å². The van der Waals surface area contributed by atoms with Crippen LogP contribution in [0.5, 0.6) is 0 Å². The monoisotopic (exact) mass is 436 g/mol. The summed E-state index contributed by atoms with van der Waals surface area (Å²) < 4.78 is 30.7. The molecule has 156 valence electrons. The highest BCUT2D eigenvalue weighted by Crippen LogP contribution is 2.38. The summed E-state index contributed by atoms with van der Waals surface area (Å²) >= 11 is 1.42. The van der Waals surface area contributed by atoms with Crippen LogP contribution >= 0.6 is 11.3 Å². The fraction of sp³-hybridized carbons (Fsp3) is 0.400. The molecule has 0 fully saturated rings. The smallest absolute Gasteiger partial charge is 0.341 e. The summed E-state index contributed by atoms with van der Waals surface area (Å²) in [6.07, 6.45) is 3.75. The van der Waals surface area contributed by atoms with Crippen LogP contribution in [0.4, 0.5) is 5.00 Å². The Morgan fingerprint density at radius 1 is 1.14 bits per heavy atom. The molecule has 1 amide bonds. The van der Waals surface area contributed by atoms with Gasteiger partial charge < -0.3 is 10.1 Å². The average Bonchev–Trinajstić information content (AvgIpc) is 3.06. The molecular weight excluding hydrogens is 412 g/mol. The number of hydrogen-bond acceptors (Lipinski definition) is 6. The summed E-state index contributed by atoms with van der Waals surface area (Å²) in [6.45, 7) is 2.01. The molecule has 1 aliphatic carbocycles.